The van der Waals surface area contributed by atoms with Gasteiger partial charge in [0, 0.05) is 36.2 Å². The number of amides is 1. The number of hydrogen-bond donors (Lipinski definition) is 0. The Morgan fingerprint density at radius 2 is 1.90 bits per heavy atom. The van der Waals surface area contributed by atoms with Crippen LogP contribution < -0.4 is 10.5 Å². The van der Waals surface area contributed by atoms with E-state index in [9.17, 15) is 9.59 Å². The Bertz CT molecular complexity index is 1120. The molecule has 0 bridgehead atoms. The van der Waals surface area contributed by atoms with Gasteiger partial charge in [-0.25, -0.2) is 4.98 Å². The SMILES string of the molecule is Cc1ccc(N2CCN(C(=O)Cn3cnc4sc(C)c(C)c4c3=O)CC2C)cc1. The summed E-state index contributed by atoms with van der Waals surface area (Å²) in [5.74, 6) is -0.0340. The molecule has 6 nitrogen and oxygen atoms in total. The van der Waals surface area contributed by atoms with Gasteiger partial charge in [-0.3, -0.25) is 14.2 Å². The third-order valence-corrected chi connectivity index (χ3v) is 6.92. The van der Waals surface area contributed by atoms with Crippen molar-refractivity contribution in [1.29, 1.82) is 0 Å². The lowest BCUT2D eigenvalue weighted by atomic mass is 10.1. The lowest BCUT2D eigenvalue weighted by molar-refractivity contribution is -0.132. The minimum Gasteiger partial charge on any atom is -0.365 e. The van der Waals surface area contributed by atoms with E-state index in [1.165, 1.54) is 33.5 Å². The summed E-state index contributed by atoms with van der Waals surface area (Å²) in [6.45, 7) is 10.3. The van der Waals surface area contributed by atoms with E-state index in [-0.39, 0.29) is 24.1 Å². The van der Waals surface area contributed by atoms with Crippen molar-refractivity contribution in [1.82, 2.24) is 14.5 Å². The Balaban J connectivity index is 1.48. The number of aromatic nitrogens is 2. The second kappa shape index (κ2) is 7.63. The molecule has 2 aromatic heterocycles. The first-order valence-corrected chi connectivity index (χ1v) is 10.7. The monoisotopic (exact) mass is 410 g/mol. The Morgan fingerprint density at radius 1 is 1.17 bits per heavy atom. The summed E-state index contributed by atoms with van der Waals surface area (Å²) in [5.41, 5.74) is 3.26. The maximum Gasteiger partial charge on any atom is 0.262 e. The van der Waals surface area contributed by atoms with Crippen molar-refractivity contribution < 1.29 is 4.79 Å². The van der Waals surface area contributed by atoms with Gasteiger partial charge in [0.05, 0.1) is 11.7 Å². The maximum atomic E-state index is 12.9. The highest BCUT2D eigenvalue weighted by atomic mass is 32.1. The second-order valence-electron chi connectivity index (χ2n) is 7.86. The smallest absolute Gasteiger partial charge is 0.262 e. The van der Waals surface area contributed by atoms with Crippen LogP contribution in [0.15, 0.2) is 35.4 Å². The van der Waals surface area contributed by atoms with Crippen LogP contribution >= 0.6 is 11.3 Å². The minimum absolute atomic E-state index is 0.0340. The summed E-state index contributed by atoms with van der Waals surface area (Å²) in [6.07, 6.45) is 1.50. The van der Waals surface area contributed by atoms with E-state index in [1.807, 2.05) is 18.7 Å². The van der Waals surface area contributed by atoms with Crippen LogP contribution in [-0.2, 0) is 11.3 Å². The second-order valence-corrected chi connectivity index (χ2v) is 9.06. The molecule has 1 aliphatic rings. The average molecular weight is 411 g/mol. The molecule has 29 heavy (non-hydrogen) atoms. The van der Waals surface area contributed by atoms with Gasteiger partial charge in [-0.05, 0) is 45.4 Å². The number of hydrogen-bond acceptors (Lipinski definition) is 5. The van der Waals surface area contributed by atoms with Gasteiger partial charge in [-0.1, -0.05) is 17.7 Å². The number of piperazine rings is 1. The molecule has 0 radical (unpaired) electrons. The molecule has 1 amide bonds. The van der Waals surface area contributed by atoms with Crippen LogP contribution in [-0.4, -0.2) is 46.0 Å². The maximum absolute atomic E-state index is 12.9. The molecule has 3 heterocycles. The zero-order valence-electron chi connectivity index (χ0n) is 17.3. The van der Waals surface area contributed by atoms with Crippen LogP contribution in [0.5, 0.6) is 0 Å². The predicted molar refractivity (Wildman–Crippen MR) is 118 cm³/mol. The highest BCUT2D eigenvalue weighted by molar-refractivity contribution is 7.18. The first kappa shape index (κ1) is 19.6. The van der Waals surface area contributed by atoms with E-state index in [4.69, 9.17) is 0 Å². The standard InChI is InChI=1S/C22H26N4O2S/c1-14-5-7-18(8-6-14)26-10-9-24(11-15(26)2)19(27)12-25-13-23-21-20(22(25)28)16(3)17(4)29-21/h5-8,13,15H,9-12H2,1-4H3. The molecule has 1 atom stereocenters. The molecule has 0 saturated carbocycles. The van der Waals surface area contributed by atoms with Gasteiger partial charge >= 0.3 is 0 Å². The first-order valence-electron chi connectivity index (χ1n) is 9.91. The highest BCUT2D eigenvalue weighted by Crippen LogP contribution is 2.25. The Labute approximate surface area is 174 Å². The third-order valence-electron chi connectivity index (χ3n) is 5.81. The van der Waals surface area contributed by atoms with Gasteiger partial charge in [0.25, 0.3) is 5.56 Å². The molecule has 7 heteroatoms. The number of carbonyl (C=O) groups excluding carboxylic acids is 1. The lowest BCUT2D eigenvalue weighted by Crippen LogP contribution is -2.54. The fourth-order valence-corrected chi connectivity index (χ4v) is 4.92. The van der Waals surface area contributed by atoms with Crippen LogP contribution in [0.1, 0.15) is 22.9 Å². The van der Waals surface area contributed by atoms with E-state index < -0.39 is 0 Å². The molecular formula is C22H26N4O2S. The molecule has 0 N–H and O–H groups in total. The summed E-state index contributed by atoms with van der Waals surface area (Å²) in [5, 5.41) is 0.639. The number of carbonyl (C=O) groups is 1. The molecule has 1 aromatic carbocycles. The van der Waals surface area contributed by atoms with Crippen LogP contribution in [0.2, 0.25) is 0 Å². The van der Waals surface area contributed by atoms with Crippen LogP contribution in [0.25, 0.3) is 10.2 Å². The molecule has 0 spiro atoms. The van der Waals surface area contributed by atoms with Crippen molar-refractivity contribution in [2.45, 2.75) is 40.3 Å². The van der Waals surface area contributed by atoms with E-state index in [2.05, 4.69) is 48.0 Å². The summed E-state index contributed by atoms with van der Waals surface area (Å²) in [4.78, 5) is 36.2. The van der Waals surface area contributed by atoms with Crippen LogP contribution in [0, 0.1) is 20.8 Å². The minimum atomic E-state index is -0.128. The number of benzene rings is 1. The molecule has 0 aliphatic carbocycles. The Hall–Kier alpha value is -2.67. The predicted octanol–water partition coefficient (Wildman–Crippen LogP) is 3.12. The van der Waals surface area contributed by atoms with Gasteiger partial charge < -0.3 is 9.80 Å². The van der Waals surface area contributed by atoms with Gasteiger partial charge in [0.2, 0.25) is 5.91 Å². The van der Waals surface area contributed by atoms with E-state index >= 15 is 0 Å². The normalized spacial score (nSPS) is 17.2. The number of fused-ring (bicyclic) bond motifs is 1. The van der Waals surface area contributed by atoms with Crippen molar-refractivity contribution in [3.05, 3.63) is 57.0 Å². The molecule has 1 fully saturated rings. The van der Waals surface area contributed by atoms with Crippen LogP contribution in [0.4, 0.5) is 5.69 Å². The fraction of sp³-hybridized carbons (Fsp3) is 0.409. The Morgan fingerprint density at radius 3 is 2.59 bits per heavy atom. The zero-order chi connectivity index (χ0) is 20.7. The van der Waals surface area contributed by atoms with Gasteiger partial charge in [0.15, 0.2) is 0 Å². The topological polar surface area (TPSA) is 58.4 Å². The van der Waals surface area contributed by atoms with Gasteiger partial charge in [-0.2, -0.15) is 0 Å². The number of anilines is 1. The average Bonchev–Trinajstić information content (AvgIpc) is 2.99. The summed E-state index contributed by atoms with van der Waals surface area (Å²) in [7, 11) is 0. The number of rotatable bonds is 3. The molecule has 3 aromatic rings. The lowest BCUT2D eigenvalue weighted by Gasteiger charge is -2.41. The quantitative estimate of drug-likeness (QED) is 0.666. The molecule has 1 unspecified atom stereocenters. The number of aryl methyl sites for hydroxylation is 3. The molecule has 1 saturated heterocycles. The van der Waals surface area contributed by atoms with Crippen molar-refractivity contribution in [3.63, 3.8) is 0 Å². The van der Waals surface area contributed by atoms with Crippen molar-refractivity contribution >= 4 is 33.1 Å². The largest absolute Gasteiger partial charge is 0.365 e. The zero-order valence-corrected chi connectivity index (χ0v) is 18.1. The van der Waals surface area contributed by atoms with E-state index in [0.717, 1.165) is 21.8 Å². The fourth-order valence-electron chi connectivity index (χ4n) is 3.93. The molecule has 1 aliphatic heterocycles. The first-order chi connectivity index (χ1) is 13.8. The van der Waals surface area contributed by atoms with Gasteiger partial charge in [-0.15, -0.1) is 11.3 Å². The molecule has 4 rings (SSSR count). The number of nitrogens with zero attached hydrogens (tertiary/aromatic N) is 4. The summed E-state index contributed by atoms with van der Waals surface area (Å²) in [6, 6.07) is 8.71. The van der Waals surface area contributed by atoms with Crippen molar-refractivity contribution in [3.8, 4) is 0 Å². The van der Waals surface area contributed by atoms with E-state index in [0.29, 0.717) is 18.5 Å². The van der Waals surface area contributed by atoms with Crippen LogP contribution in [0.3, 0.4) is 0 Å². The third kappa shape index (κ3) is 3.67. The Kier molecular flexibility index (Phi) is 5.17. The summed E-state index contributed by atoms with van der Waals surface area (Å²) >= 11 is 1.52. The molecular weight excluding hydrogens is 384 g/mol. The highest BCUT2D eigenvalue weighted by Gasteiger charge is 2.27. The van der Waals surface area contributed by atoms with Crippen molar-refractivity contribution in [2.24, 2.45) is 0 Å². The molecule has 152 valence electrons. The number of thiophene rings is 1. The van der Waals surface area contributed by atoms with Gasteiger partial charge in [0.1, 0.15) is 11.4 Å². The van der Waals surface area contributed by atoms with E-state index in [1.54, 1.807) is 0 Å². The summed E-state index contributed by atoms with van der Waals surface area (Å²) < 4.78 is 1.45. The van der Waals surface area contributed by atoms with Crippen molar-refractivity contribution in [2.75, 3.05) is 24.5 Å².